The van der Waals surface area contributed by atoms with Gasteiger partial charge in [-0.3, -0.25) is 4.79 Å². The molecule has 3 aromatic rings. The zero-order valence-corrected chi connectivity index (χ0v) is 15.1. The van der Waals surface area contributed by atoms with Gasteiger partial charge in [0.25, 0.3) is 0 Å². The Morgan fingerprint density at radius 3 is 1.96 bits per heavy atom. The van der Waals surface area contributed by atoms with Crippen LogP contribution in [0.15, 0.2) is 84.9 Å². The molecule has 0 radical (unpaired) electrons. The highest BCUT2D eigenvalue weighted by Crippen LogP contribution is 2.46. The van der Waals surface area contributed by atoms with E-state index in [-0.39, 0.29) is 18.6 Å². The molecule has 4 heteroatoms. The van der Waals surface area contributed by atoms with Gasteiger partial charge in [0.05, 0.1) is 18.1 Å². The maximum absolute atomic E-state index is 14.1. The summed E-state index contributed by atoms with van der Waals surface area (Å²) in [7, 11) is -2.94. The van der Waals surface area contributed by atoms with Crippen molar-refractivity contribution in [3.8, 4) is 5.75 Å². The van der Waals surface area contributed by atoms with Crippen LogP contribution >= 0.6 is 7.14 Å². The Balaban J connectivity index is 1.73. The summed E-state index contributed by atoms with van der Waals surface area (Å²) in [5, 5.41) is 1.55. The van der Waals surface area contributed by atoms with Gasteiger partial charge in [0.2, 0.25) is 0 Å². The first-order valence-corrected chi connectivity index (χ1v) is 10.5. The van der Waals surface area contributed by atoms with Crippen molar-refractivity contribution in [2.75, 3.05) is 12.8 Å². The van der Waals surface area contributed by atoms with Crippen LogP contribution in [0.3, 0.4) is 0 Å². The highest BCUT2D eigenvalue weighted by Gasteiger charge is 2.37. The molecule has 3 nitrogen and oxygen atoms in total. The van der Waals surface area contributed by atoms with Gasteiger partial charge in [-0.05, 0) is 12.1 Å². The molecular formula is C22H19O3P. The number of para-hydroxylation sites is 1. The van der Waals surface area contributed by atoms with Crippen molar-refractivity contribution in [2.45, 2.75) is 0 Å². The summed E-state index contributed by atoms with van der Waals surface area (Å²) in [5.41, 5.74) is 0.580. The first-order chi connectivity index (χ1) is 12.7. The lowest BCUT2D eigenvalue weighted by atomic mass is 9.97. The van der Waals surface area contributed by atoms with Crippen LogP contribution in [-0.4, -0.2) is 18.6 Å². The molecule has 26 heavy (non-hydrogen) atoms. The minimum absolute atomic E-state index is 0.0129. The van der Waals surface area contributed by atoms with E-state index in [4.69, 9.17) is 4.74 Å². The Bertz CT molecular complexity index is 923. The van der Waals surface area contributed by atoms with E-state index < -0.39 is 13.1 Å². The summed E-state index contributed by atoms with van der Waals surface area (Å²) < 4.78 is 19.9. The summed E-state index contributed by atoms with van der Waals surface area (Å²) in [6.07, 6.45) is 0.272. The predicted octanol–water partition coefficient (Wildman–Crippen LogP) is 3.89. The second-order valence-electron chi connectivity index (χ2n) is 6.46. The van der Waals surface area contributed by atoms with Crippen LogP contribution < -0.4 is 15.3 Å². The minimum Gasteiger partial charge on any atom is -0.492 e. The number of fused-ring (bicyclic) bond motifs is 1. The van der Waals surface area contributed by atoms with Gasteiger partial charge in [0, 0.05) is 16.8 Å². The molecule has 1 atom stereocenters. The van der Waals surface area contributed by atoms with Crippen molar-refractivity contribution in [2.24, 2.45) is 5.92 Å². The molecular weight excluding hydrogens is 343 g/mol. The fourth-order valence-electron chi connectivity index (χ4n) is 3.43. The average molecular weight is 362 g/mol. The van der Waals surface area contributed by atoms with Crippen LogP contribution in [0, 0.1) is 5.92 Å². The van der Waals surface area contributed by atoms with Gasteiger partial charge in [-0.2, -0.15) is 0 Å². The Kier molecular flexibility index (Phi) is 4.48. The fourth-order valence-corrected chi connectivity index (χ4v) is 6.34. The number of hydrogen-bond donors (Lipinski definition) is 0. The zero-order valence-electron chi connectivity index (χ0n) is 14.2. The van der Waals surface area contributed by atoms with Gasteiger partial charge in [-0.1, -0.05) is 72.8 Å². The quantitative estimate of drug-likeness (QED) is 0.662. The highest BCUT2D eigenvalue weighted by molar-refractivity contribution is 7.78. The average Bonchev–Trinajstić information content (AvgIpc) is 2.71. The molecule has 0 saturated carbocycles. The molecule has 1 aliphatic rings. The SMILES string of the molecule is O=C1c2ccccc2OC[C@H]1CP(=O)(c1ccccc1)c1ccccc1. The third-order valence-corrected chi connectivity index (χ3v) is 8.01. The molecule has 130 valence electrons. The van der Waals surface area contributed by atoms with Crippen molar-refractivity contribution >= 4 is 23.5 Å². The second kappa shape index (κ2) is 6.93. The van der Waals surface area contributed by atoms with Gasteiger partial charge in [-0.15, -0.1) is 0 Å². The summed E-state index contributed by atoms with van der Waals surface area (Å²) in [6.45, 7) is 0.263. The first kappa shape index (κ1) is 16.8. The summed E-state index contributed by atoms with van der Waals surface area (Å²) in [6, 6.07) is 26.2. The van der Waals surface area contributed by atoms with Gasteiger partial charge >= 0.3 is 0 Å². The number of ketones is 1. The van der Waals surface area contributed by atoms with E-state index in [0.717, 1.165) is 10.6 Å². The Labute approximate surface area is 153 Å². The number of carbonyl (C=O) groups is 1. The summed E-state index contributed by atoms with van der Waals surface area (Å²) in [4.78, 5) is 13.0. The number of Topliss-reactive ketones (excluding diaryl/α,β-unsaturated/α-hetero) is 1. The van der Waals surface area contributed by atoms with Crippen LogP contribution in [0.2, 0.25) is 0 Å². The maximum atomic E-state index is 14.1. The van der Waals surface area contributed by atoms with Crippen molar-refractivity contribution in [1.82, 2.24) is 0 Å². The Morgan fingerprint density at radius 1 is 0.808 bits per heavy atom. The van der Waals surface area contributed by atoms with Crippen LogP contribution in [0.5, 0.6) is 5.75 Å². The van der Waals surface area contributed by atoms with Gasteiger partial charge in [0.1, 0.15) is 12.9 Å². The number of hydrogen-bond acceptors (Lipinski definition) is 3. The van der Waals surface area contributed by atoms with E-state index in [9.17, 15) is 9.36 Å². The van der Waals surface area contributed by atoms with E-state index in [1.807, 2.05) is 72.8 Å². The Hall–Kier alpha value is -2.64. The molecule has 1 heterocycles. The van der Waals surface area contributed by atoms with Crippen LogP contribution in [0.1, 0.15) is 10.4 Å². The largest absolute Gasteiger partial charge is 0.492 e. The van der Waals surface area contributed by atoms with Crippen molar-refractivity contribution in [1.29, 1.82) is 0 Å². The molecule has 3 aromatic carbocycles. The monoisotopic (exact) mass is 362 g/mol. The molecule has 0 unspecified atom stereocenters. The maximum Gasteiger partial charge on any atom is 0.173 e. The predicted molar refractivity (Wildman–Crippen MR) is 104 cm³/mol. The highest BCUT2D eigenvalue weighted by atomic mass is 31.2. The van der Waals surface area contributed by atoms with E-state index in [0.29, 0.717) is 11.3 Å². The molecule has 1 aliphatic heterocycles. The number of ether oxygens (including phenoxy) is 1. The van der Waals surface area contributed by atoms with Crippen molar-refractivity contribution < 1.29 is 14.1 Å². The van der Waals surface area contributed by atoms with E-state index in [1.54, 1.807) is 12.1 Å². The van der Waals surface area contributed by atoms with Crippen molar-refractivity contribution in [3.63, 3.8) is 0 Å². The Morgan fingerprint density at radius 2 is 1.35 bits per heavy atom. The molecule has 0 amide bonds. The molecule has 0 saturated heterocycles. The third-order valence-electron chi connectivity index (χ3n) is 4.79. The van der Waals surface area contributed by atoms with Gasteiger partial charge in [-0.25, -0.2) is 0 Å². The number of rotatable bonds is 4. The molecule has 0 spiro atoms. The van der Waals surface area contributed by atoms with E-state index in [1.165, 1.54) is 0 Å². The fraction of sp³-hybridized carbons (Fsp3) is 0.136. The van der Waals surface area contributed by atoms with Crippen LogP contribution in [0.4, 0.5) is 0 Å². The topological polar surface area (TPSA) is 43.4 Å². The zero-order chi connectivity index (χ0) is 18.0. The van der Waals surface area contributed by atoms with Crippen LogP contribution in [0.25, 0.3) is 0 Å². The second-order valence-corrected chi connectivity index (χ2v) is 9.34. The molecule has 0 N–H and O–H groups in total. The lowest BCUT2D eigenvalue weighted by Gasteiger charge is -2.28. The minimum atomic E-state index is -2.94. The first-order valence-electron chi connectivity index (χ1n) is 8.65. The summed E-state index contributed by atoms with van der Waals surface area (Å²) >= 11 is 0. The van der Waals surface area contributed by atoms with E-state index >= 15 is 0 Å². The molecule has 0 aliphatic carbocycles. The lowest BCUT2D eigenvalue weighted by Crippen LogP contribution is -2.33. The molecule has 0 aromatic heterocycles. The van der Waals surface area contributed by atoms with Gasteiger partial charge < -0.3 is 9.30 Å². The number of benzene rings is 3. The number of carbonyl (C=O) groups excluding carboxylic acids is 1. The van der Waals surface area contributed by atoms with Crippen LogP contribution in [-0.2, 0) is 4.57 Å². The molecule has 0 bridgehead atoms. The standard InChI is InChI=1S/C22H19O3P/c23-22-17(15-25-21-14-8-7-13-20(21)22)16-26(24,18-9-3-1-4-10-18)19-11-5-2-6-12-19/h1-14,17H,15-16H2/t17-/m0/s1. The smallest absolute Gasteiger partial charge is 0.173 e. The lowest BCUT2D eigenvalue weighted by molar-refractivity contribution is 0.0851. The summed E-state index contributed by atoms with van der Waals surface area (Å²) in [5.74, 6) is 0.207. The third kappa shape index (κ3) is 3.00. The van der Waals surface area contributed by atoms with Gasteiger partial charge in [0.15, 0.2) is 5.78 Å². The molecule has 4 rings (SSSR count). The van der Waals surface area contributed by atoms with Crippen molar-refractivity contribution in [3.05, 3.63) is 90.5 Å². The normalized spacial score (nSPS) is 16.6. The van der Waals surface area contributed by atoms with E-state index in [2.05, 4.69) is 0 Å². The molecule has 0 fully saturated rings.